The van der Waals surface area contributed by atoms with Crippen molar-refractivity contribution in [3.05, 3.63) is 53.0 Å². The first-order chi connectivity index (χ1) is 10.2. The van der Waals surface area contributed by atoms with Gasteiger partial charge in [-0.15, -0.1) is 22.7 Å². The van der Waals surface area contributed by atoms with Crippen molar-refractivity contribution >= 4 is 28.6 Å². The van der Waals surface area contributed by atoms with Crippen molar-refractivity contribution in [1.82, 2.24) is 4.98 Å². The molecule has 3 nitrogen and oxygen atoms in total. The average molecular weight is 315 g/mol. The molecule has 0 bridgehead atoms. The van der Waals surface area contributed by atoms with Crippen LogP contribution in [0.25, 0.3) is 20.3 Å². The first-order valence-corrected chi connectivity index (χ1v) is 8.21. The third kappa shape index (κ3) is 2.75. The minimum Gasteiger partial charge on any atom is -0.476 e. The van der Waals surface area contributed by atoms with Gasteiger partial charge in [0.25, 0.3) is 0 Å². The van der Waals surface area contributed by atoms with Crippen molar-refractivity contribution in [2.75, 3.05) is 0 Å². The second kappa shape index (κ2) is 5.79. The quantitative estimate of drug-likeness (QED) is 0.752. The number of hydrogen-bond acceptors (Lipinski definition) is 4. The van der Waals surface area contributed by atoms with Gasteiger partial charge in [0.15, 0.2) is 5.69 Å². The maximum Gasteiger partial charge on any atom is 0.356 e. The monoisotopic (exact) mass is 315 g/mol. The Morgan fingerprint density at radius 1 is 1.14 bits per heavy atom. The molecular weight excluding hydrogens is 302 g/mol. The van der Waals surface area contributed by atoms with E-state index in [1.54, 1.807) is 11.3 Å². The van der Waals surface area contributed by atoms with Gasteiger partial charge in [-0.05, 0) is 24.1 Å². The summed E-state index contributed by atoms with van der Waals surface area (Å²) in [4.78, 5) is 18.8. The molecule has 106 valence electrons. The van der Waals surface area contributed by atoms with E-state index in [1.807, 2.05) is 36.4 Å². The number of benzene rings is 1. The number of nitrogens with zero attached hydrogens (tertiary/aromatic N) is 1. The van der Waals surface area contributed by atoms with Crippen molar-refractivity contribution in [2.45, 2.75) is 13.3 Å². The SMILES string of the molecule is CCc1ccc(-c2nc(C(=O)O)c(-c3ccccc3)s2)s1. The van der Waals surface area contributed by atoms with Crippen LogP contribution in [-0.2, 0) is 6.42 Å². The third-order valence-corrected chi connectivity index (χ3v) is 5.59. The Labute approximate surface area is 130 Å². The molecule has 0 spiro atoms. The van der Waals surface area contributed by atoms with E-state index in [0.29, 0.717) is 4.88 Å². The molecule has 0 saturated carbocycles. The van der Waals surface area contributed by atoms with E-state index in [1.165, 1.54) is 16.2 Å². The molecule has 0 saturated heterocycles. The van der Waals surface area contributed by atoms with Crippen LogP contribution in [-0.4, -0.2) is 16.1 Å². The molecule has 0 aliphatic heterocycles. The molecule has 3 rings (SSSR count). The van der Waals surface area contributed by atoms with Crippen LogP contribution in [0.3, 0.4) is 0 Å². The Morgan fingerprint density at radius 3 is 2.52 bits per heavy atom. The van der Waals surface area contributed by atoms with E-state index in [-0.39, 0.29) is 5.69 Å². The summed E-state index contributed by atoms with van der Waals surface area (Å²) in [5.41, 5.74) is 1.03. The van der Waals surface area contributed by atoms with Gasteiger partial charge in [0.1, 0.15) is 5.01 Å². The summed E-state index contributed by atoms with van der Waals surface area (Å²) in [5.74, 6) is -0.983. The van der Waals surface area contributed by atoms with Crippen LogP contribution in [0.2, 0.25) is 0 Å². The van der Waals surface area contributed by atoms with Gasteiger partial charge in [-0.3, -0.25) is 0 Å². The van der Waals surface area contributed by atoms with Gasteiger partial charge in [-0.25, -0.2) is 9.78 Å². The lowest BCUT2D eigenvalue weighted by atomic mass is 10.1. The number of rotatable bonds is 4. The lowest BCUT2D eigenvalue weighted by Crippen LogP contribution is -1.98. The number of aryl methyl sites for hydroxylation is 1. The molecule has 0 amide bonds. The number of carboxylic acid groups (broad SMARTS) is 1. The maximum absolute atomic E-state index is 11.4. The van der Waals surface area contributed by atoms with E-state index in [2.05, 4.69) is 18.0 Å². The van der Waals surface area contributed by atoms with Gasteiger partial charge in [0, 0.05) is 4.88 Å². The molecule has 3 aromatic rings. The molecule has 5 heteroatoms. The van der Waals surface area contributed by atoms with Crippen LogP contribution in [0.5, 0.6) is 0 Å². The van der Waals surface area contributed by atoms with Crippen LogP contribution in [0.15, 0.2) is 42.5 Å². The summed E-state index contributed by atoms with van der Waals surface area (Å²) in [6, 6.07) is 13.6. The second-order valence-electron chi connectivity index (χ2n) is 4.49. The van der Waals surface area contributed by atoms with E-state index in [0.717, 1.165) is 21.9 Å². The fourth-order valence-electron chi connectivity index (χ4n) is 2.04. The first-order valence-electron chi connectivity index (χ1n) is 6.57. The zero-order chi connectivity index (χ0) is 14.8. The maximum atomic E-state index is 11.4. The van der Waals surface area contributed by atoms with Crippen molar-refractivity contribution in [3.8, 4) is 20.3 Å². The number of aromatic carboxylic acids is 1. The molecule has 0 fully saturated rings. The summed E-state index contributed by atoms with van der Waals surface area (Å²) < 4.78 is 0. The highest BCUT2D eigenvalue weighted by atomic mass is 32.1. The zero-order valence-corrected chi connectivity index (χ0v) is 13.0. The Kier molecular flexibility index (Phi) is 3.86. The van der Waals surface area contributed by atoms with E-state index in [9.17, 15) is 9.90 Å². The lowest BCUT2D eigenvalue weighted by molar-refractivity contribution is 0.0692. The highest BCUT2D eigenvalue weighted by Gasteiger charge is 2.20. The molecule has 0 radical (unpaired) electrons. The zero-order valence-electron chi connectivity index (χ0n) is 11.4. The molecule has 1 aromatic carbocycles. The van der Waals surface area contributed by atoms with Crippen molar-refractivity contribution in [2.24, 2.45) is 0 Å². The smallest absolute Gasteiger partial charge is 0.356 e. The van der Waals surface area contributed by atoms with E-state index < -0.39 is 5.97 Å². The number of aromatic nitrogens is 1. The molecule has 0 aliphatic carbocycles. The molecule has 0 aliphatic rings. The van der Waals surface area contributed by atoms with E-state index in [4.69, 9.17) is 0 Å². The minimum atomic E-state index is -0.983. The highest BCUT2D eigenvalue weighted by Crippen LogP contribution is 2.38. The fourth-order valence-corrected chi connectivity index (χ4v) is 4.10. The summed E-state index contributed by atoms with van der Waals surface area (Å²) in [7, 11) is 0. The molecule has 2 heterocycles. The second-order valence-corrected chi connectivity index (χ2v) is 6.65. The van der Waals surface area contributed by atoms with Crippen LogP contribution in [0, 0.1) is 0 Å². The Bertz CT molecular complexity index is 775. The Balaban J connectivity index is 2.10. The van der Waals surface area contributed by atoms with Crippen LogP contribution in [0.1, 0.15) is 22.3 Å². The van der Waals surface area contributed by atoms with Gasteiger partial charge in [-0.1, -0.05) is 37.3 Å². The summed E-state index contributed by atoms with van der Waals surface area (Å²) >= 11 is 3.11. The van der Waals surface area contributed by atoms with Gasteiger partial charge in [0.05, 0.1) is 9.75 Å². The lowest BCUT2D eigenvalue weighted by Gasteiger charge is -1.97. The standard InChI is InChI=1S/C16H13NO2S2/c1-2-11-8-9-12(20-11)15-17-13(16(18)19)14(21-15)10-6-4-3-5-7-10/h3-9H,2H2,1H3,(H,18,19). The molecular formula is C16H13NO2S2. The average Bonchev–Trinajstić information content (AvgIpc) is 3.14. The van der Waals surface area contributed by atoms with Crippen molar-refractivity contribution < 1.29 is 9.90 Å². The summed E-state index contributed by atoms with van der Waals surface area (Å²) in [6.45, 7) is 2.11. The fraction of sp³-hybridized carbons (Fsp3) is 0.125. The molecule has 2 aromatic heterocycles. The molecule has 1 N–H and O–H groups in total. The first kappa shape index (κ1) is 14.0. The van der Waals surface area contributed by atoms with Crippen molar-refractivity contribution in [3.63, 3.8) is 0 Å². The largest absolute Gasteiger partial charge is 0.476 e. The topological polar surface area (TPSA) is 50.2 Å². The van der Waals surface area contributed by atoms with Crippen LogP contribution < -0.4 is 0 Å². The third-order valence-electron chi connectivity index (χ3n) is 3.09. The van der Waals surface area contributed by atoms with Gasteiger partial charge in [-0.2, -0.15) is 0 Å². The summed E-state index contributed by atoms with van der Waals surface area (Å²) in [6.07, 6.45) is 0.980. The summed E-state index contributed by atoms with van der Waals surface area (Å²) in [5, 5.41) is 10.2. The Hall–Kier alpha value is -1.98. The molecule has 0 atom stereocenters. The molecule has 21 heavy (non-hydrogen) atoms. The van der Waals surface area contributed by atoms with Crippen LogP contribution in [0.4, 0.5) is 0 Å². The number of thiophene rings is 1. The Morgan fingerprint density at radius 2 is 1.90 bits per heavy atom. The number of carboxylic acids is 1. The predicted octanol–water partition coefficient (Wildman–Crippen LogP) is 4.80. The van der Waals surface area contributed by atoms with E-state index >= 15 is 0 Å². The van der Waals surface area contributed by atoms with Gasteiger partial charge < -0.3 is 5.11 Å². The van der Waals surface area contributed by atoms with Gasteiger partial charge in [0.2, 0.25) is 0 Å². The van der Waals surface area contributed by atoms with Crippen molar-refractivity contribution in [1.29, 1.82) is 0 Å². The highest BCUT2D eigenvalue weighted by molar-refractivity contribution is 7.23. The minimum absolute atomic E-state index is 0.132. The van der Waals surface area contributed by atoms with Crippen LogP contribution >= 0.6 is 22.7 Å². The molecule has 0 unspecified atom stereocenters. The predicted molar refractivity (Wildman–Crippen MR) is 87.2 cm³/mol. The number of carbonyl (C=O) groups is 1. The number of thiazole rings is 1. The normalized spacial score (nSPS) is 10.7. The number of hydrogen-bond donors (Lipinski definition) is 1. The van der Waals surface area contributed by atoms with Gasteiger partial charge >= 0.3 is 5.97 Å².